The van der Waals surface area contributed by atoms with E-state index in [1.807, 2.05) is 51.2 Å². The molecule has 3 aromatic rings. The number of nitrogens with zero attached hydrogens (tertiary/aromatic N) is 2. The van der Waals surface area contributed by atoms with Gasteiger partial charge in [0.1, 0.15) is 12.2 Å². The molecule has 1 unspecified atom stereocenters. The number of aliphatic hydroxyl groups is 1. The minimum Gasteiger partial charge on any atom is -0.504 e. The average Bonchev–Trinajstić information content (AvgIpc) is 3.45. The Morgan fingerprint density at radius 2 is 2.02 bits per heavy atom. The Hall–Kier alpha value is -2.81. The van der Waals surface area contributed by atoms with Crippen LogP contribution in [-0.4, -0.2) is 63.4 Å². The van der Waals surface area contributed by atoms with Crippen molar-refractivity contribution in [2.45, 2.75) is 76.2 Å². The van der Waals surface area contributed by atoms with Crippen molar-refractivity contribution in [2.24, 2.45) is 5.92 Å². The van der Waals surface area contributed by atoms with Gasteiger partial charge in [0.2, 0.25) is 0 Å². The number of halogens is 1. The lowest BCUT2D eigenvalue weighted by Gasteiger charge is -2.56. The summed E-state index contributed by atoms with van der Waals surface area (Å²) >= 11 is 3.67. The number of pyridine rings is 1. The molecule has 2 N–H and O–H groups in total. The fourth-order valence-corrected chi connectivity index (χ4v) is 8.66. The lowest BCUT2D eigenvalue weighted by atomic mass is 9.52. The summed E-state index contributed by atoms with van der Waals surface area (Å²) < 4.78 is 15.1. The molecule has 8 heteroatoms. The number of phenols is 1. The van der Waals surface area contributed by atoms with Crippen LogP contribution in [0, 0.1) is 12.8 Å². The van der Waals surface area contributed by atoms with Gasteiger partial charge in [0, 0.05) is 45.2 Å². The first-order valence-corrected chi connectivity index (χ1v) is 15.0. The van der Waals surface area contributed by atoms with Crippen molar-refractivity contribution in [2.75, 3.05) is 13.6 Å². The van der Waals surface area contributed by atoms with Gasteiger partial charge in [-0.15, -0.1) is 0 Å². The number of benzene rings is 1. The van der Waals surface area contributed by atoms with E-state index >= 15 is 0 Å². The Morgan fingerprint density at radius 3 is 2.77 bits per heavy atom. The molecule has 1 spiro atoms. The quantitative estimate of drug-likeness (QED) is 0.312. The molecule has 2 aliphatic heterocycles. The van der Waals surface area contributed by atoms with Gasteiger partial charge in [-0.25, -0.2) is 4.79 Å². The fourth-order valence-electron chi connectivity index (χ4n) is 8.24. The third-order valence-corrected chi connectivity index (χ3v) is 10.6. The maximum Gasteiger partial charge on any atom is 0.338 e. The minimum absolute atomic E-state index is 0.116. The van der Waals surface area contributed by atoms with Crippen molar-refractivity contribution < 1.29 is 24.5 Å². The number of carbonyl (C=O) groups is 1. The number of ether oxygens (including phenoxy) is 2. The molecule has 4 heterocycles. The maximum absolute atomic E-state index is 13.2. The van der Waals surface area contributed by atoms with E-state index in [1.165, 1.54) is 5.56 Å². The van der Waals surface area contributed by atoms with Crippen molar-refractivity contribution in [3.8, 4) is 11.5 Å². The molecule has 0 amide bonds. The zero-order chi connectivity index (χ0) is 28.2. The Morgan fingerprint density at radius 1 is 1.25 bits per heavy atom. The predicted octanol–water partition coefficient (Wildman–Crippen LogP) is 5.24. The standard InChI is InChI=1S/C32H35BrN2O5/c1-15(2)39-31(38)19-12-24-22(33)8-10-35(24)28(17(19)4)16(3)18-14-26(37)29-27-20(18)13-23-21-6-7-25(36)30(40-29)32(21,27)9-11-34(23)5/h6-8,10,12,14-16,21,23,25,30,36-37H,9,11,13H2,1-5H3/t16?,21-,23+,25-,30-,32-/m0/s1. The summed E-state index contributed by atoms with van der Waals surface area (Å²) in [5.41, 5.74) is 6.21. The van der Waals surface area contributed by atoms with E-state index in [9.17, 15) is 15.0 Å². The Kier molecular flexibility index (Phi) is 5.77. The van der Waals surface area contributed by atoms with Crippen LogP contribution in [0.1, 0.15) is 71.4 Å². The number of likely N-dealkylation sites (tertiary alicyclic amines) is 1. The largest absolute Gasteiger partial charge is 0.504 e. The van der Waals surface area contributed by atoms with Crippen molar-refractivity contribution >= 4 is 27.4 Å². The van der Waals surface area contributed by atoms with Gasteiger partial charge in [-0.05, 0) is 98.0 Å². The topological polar surface area (TPSA) is 83.6 Å². The van der Waals surface area contributed by atoms with Crippen LogP contribution >= 0.6 is 15.9 Å². The first-order chi connectivity index (χ1) is 19.0. The number of phenolic OH excluding ortho intramolecular Hbond substituents is 1. The maximum atomic E-state index is 13.2. The highest BCUT2D eigenvalue weighted by Crippen LogP contribution is 2.63. The number of likely N-dealkylation sites (N-methyl/N-ethyl adjacent to an activating group) is 1. The van der Waals surface area contributed by atoms with E-state index in [2.05, 4.69) is 45.3 Å². The van der Waals surface area contributed by atoms with E-state index < -0.39 is 12.2 Å². The van der Waals surface area contributed by atoms with Crippen LogP contribution in [-0.2, 0) is 16.6 Å². The van der Waals surface area contributed by atoms with E-state index in [-0.39, 0.29) is 41.1 Å². The molecule has 7 nitrogen and oxygen atoms in total. The van der Waals surface area contributed by atoms with Crippen LogP contribution in [0.5, 0.6) is 11.5 Å². The van der Waals surface area contributed by atoms with Crippen molar-refractivity contribution in [1.82, 2.24) is 9.30 Å². The van der Waals surface area contributed by atoms with Crippen LogP contribution in [0.2, 0.25) is 0 Å². The summed E-state index contributed by atoms with van der Waals surface area (Å²) in [7, 11) is 2.19. The second-order valence-corrected chi connectivity index (χ2v) is 13.2. The highest BCUT2D eigenvalue weighted by molar-refractivity contribution is 9.10. The van der Waals surface area contributed by atoms with Gasteiger partial charge in [0.05, 0.1) is 17.2 Å². The van der Waals surface area contributed by atoms with Gasteiger partial charge in [-0.2, -0.15) is 0 Å². The monoisotopic (exact) mass is 606 g/mol. The van der Waals surface area contributed by atoms with Gasteiger partial charge in [0.15, 0.2) is 11.5 Å². The molecule has 4 aliphatic rings. The number of hydrogen-bond donors (Lipinski definition) is 2. The number of rotatable bonds is 4. The number of fused-ring (bicyclic) bond motifs is 1. The molecular weight excluding hydrogens is 572 g/mol. The van der Waals surface area contributed by atoms with Crippen LogP contribution in [0.3, 0.4) is 0 Å². The van der Waals surface area contributed by atoms with Crippen LogP contribution < -0.4 is 4.74 Å². The van der Waals surface area contributed by atoms with Gasteiger partial charge in [0.25, 0.3) is 0 Å². The highest BCUT2D eigenvalue weighted by Gasteiger charge is 2.64. The molecule has 6 atom stereocenters. The number of hydrogen-bond acceptors (Lipinski definition) is 6. The summed E-state index contributed by atoms with van der Waals surface area (Å²) in [4.78, 5) is 15.7. The van der Waals surface area contributed by atoms with Gasteiger partial charge < -0.3 is 29.0 Å². The van der Waals surface area contributed by atoms with E-state index in [1.54, 1.807) is 0 Å². The number of piperidine rings is 1. The van der Waals surface area contributed by atoms with Crippen molar-refractivity contribution in [3.63, 3.8) is 0 Å². The molecule has 0 saturated carbocycles. The predicted molar refractivity (Wildman–Crippen MR) is 155 cm³/mol. The lowest BCUT2D eigenvalue weighted by molar-refractivity contribution is -0.0454. The molecule has 2 bridgehead atoms. The summed E-state index contributed by atoms with van der Waals surface area (Å²) in [6, 6.07) is 6.00. The number of aromatic hydroxyl groups is 1. The molecule has 210 valence electrons. The molecule has 1 saturated heterocycles. The van der Waals surface area contributed by atoms with Gasteiger partial charge >= 0.3 is 5.97 Å². The third-order valence-electron chi connectivity index (χ3n) is 9.96. The summed E-state index contributed by atoms with van der Waals surface area (Å²) in [6.45, 7) is 8.75. The van der Waals surface area contributed by atoms with Crippen LogP contribution in [0.4, 0.5) is 0 Å². The Bertz CT molecular complexity index is 1610. The van der Waals surface area contributed by atoms with Gasteiger partial charge in [-0.1, -0.05) is 19.1 Å². The molecule has 2 aromatic heterocycles. The first kappa shape index (κ1) is 26.1. The number of aromatic nitrogens is 1. The summed E-state index contributed by atoms with van der Waals surface area (Å²) in [6.07, 6.45) is 6.41. The minimum atomic E-state index is -0.721. The molecule has 1 aromatic carbocycles. The molecule has 1 fully saturated rings. The second-order valence-electron chi connectivity index (χ2n) is 12.3. The van der Waals surface area contributed by atoms with E-state index in [0.29, 0.717) is 11.3 Å². The molecule has 0 radical (unpaired) electrons. The zero-order valence-electron chi connectivity index (χ0n) is 23.4. The SMILES string of the molecule is Cc1c(C(=O)OC(C)C)cc2c(Br)ccn2c1C(C)c1cc(O)c2c3c1C[C@@H]1[C@@H]4C=C[C@H](O)[C@H](O2)[C@]34CCN1C. The molecule has 7 rings (SSSR count). The number of esters is 1. The van der Waals surface area contributed by atoms with E-state index in [0.717, 1.165) is 51.8 Å². The van der Waals surface area contributed by atoms with Crippen LogP contribution in [0.25, 0.3) is 5.52 Å². The van der Waals surface area contributed by atoms with Crippen LogP contribution in [0.15, 0.2) is 41.0 Å². The molecule has 2 aliphatic carbocycles. The Balaban J connectivity index is 1.46. The van der Waals surface area contributed by atoms with Crippen molar-refractivity contribution in [1.29, 1.82) is 0 Å². The number of carbonyl (C=O) groups excluding carboxylic acids is 1. The first-order valence-electron chi connectivity index (χ1n) is 14.2. The zero-order valence-corrected chi connectivity index (χ0v) is 25.0. The smallest absolute Gasteiger partial charge is 0.338 e. The molecule has 40 heavy (non-hydrogen) atoms. The highest BCUT2D eigenvalue weighted by atomic mass is 79.9. The number of aliphatic hydroxyl groups excluding tert-OH is 1. The van der Waals surface area contributed by atoms with E-state index in [4.69, 9.17) is 9.47 Å². The van der Waals surface area contributed by atoms with Crippen molar-refractivity contribution in [3.05, 3.63) is 74.5 Å². The van der Waals surface area contributed by atoms with Gasteiger partial charge in [-0.3, -0.25) is 0 Å². The summed E-state index contributed by atoms with van der Waals surface area (Å²) in [5.74, 6) is 0.368. The third kappa shape index (κ3) is 3.33. The normalized spacial score (nSPS) is 29.0. The second kappa shape index (κ2) is 8.84. The fraction of sp³-hybridized carbons (Fsp3) is 0.469. The Labute approximate surface area is 242 Å². The lowest BCUT2D eigenvalue weighted by Crippen LogP contribution is -2.64. The average molecular weight is 608 g/mol. The molecular formula is C32H35BrN2O5. The summed E-state index contributed by atoms with van der Waals surface area (Å²) in [5, 5.41) is 22.5.